The minimum absolute atomic E-state index is 0.00337. The van der Waals surface area contributed by atoms with Crippen molar-refractivity contribution in [2.75, 3.05) is 0 Å². The number of ether oxygens (including phenoxy) is 1. The summed E-state index contributed by atoms with van der Waals surface area (Å²) in [4.78, 5) is 24.2. The average Bonchev–Trinajstić information content (AvgIpc) is 2.59. The molecule has 2 saturated carbocycles. The molecule has 0 radical (unpaired) electrons. The summed E-state index contributed by atoms with van der Waals surface area (Å²) in [5.74, 6) is 0.257. The molecule has 3 rings (SSSR count). The van der Waals surface area contributed by atoms with E-state index in [1.165, 1.54) is 0 Å². The second-order valence-corrected chi connectivity index (χ2v) is 8.90. The lowest BCUT2D eigenvalue weighted by molar-refractivity contribution is -0.165. The molecule has 4 atom stereocenters. The summed E-state index contributed by atoms with van der Waals surface area (Å²) in [6, 6.07) is 7.38. The highest BCUT2D eigenvalue weighted by molar-refractivity contribution is 5.89. The Labute approximate surface area is 155 Å². The minimum atomic E-state index is -0.849. The SMILES string of the molecule is CC(C)(C)OC(=O)[C@@H]1CCCC2CC(c3ccccc3C(=O)O)CCC21. The Morgan fingerprint density at radius 3 is 2.50 bits per heavy atom. The first-order valence-electron chi connectivity index (χ1n) is 9.81. The first kappa shape index (κ1) is 18.9. The van der Waals surface area contributed by atoms with E-state index in [0.29, 0.717) is 17.4 Å². The third-order valence-electron chi connectivity index (χ3n) is 5.99. The number of carboxylic acid groups (broad SMARTS) is 1. The second kappa shape index (κ2) is 7.42. The maximum Gasteiger partial charge on any atom is 0.335 e. The molecular formula is C22H30O4. The van der Waals surface area contributed by atoms with E-state index in [1.54, 1.807) is 12.1 Å². The lowest BCUT2D eigenvalue weighted by Crippen LogP contribution is -2.40. The van der Waals surface area contributed by atoms with Gasteiger partial charge in [0.05, 0.1) is 11.5 Å². The number of carbonyl (C=O) groups excluding carboxylic acids is 1. The van der Waals surface area contributed by atoms with Crippen LogP contribution in [0.3, 0.4) is 0 Å². The molecule has 0 amide bonds. The highest BCUT2D eigenvalue weighted by atomic mass is 16.6. The molecular weight excluding hydrogens is 328 g/mol. The smallest absolute Gasteiger partial charge is 0.335 e. The van der Waals surface area contributed by atoms with Crippen molar-refractivity contribution < 1.29 is 19.4 Å². The molecule has 0 aliphatic heterocycles. The quantitative estimate of drug-likeness (QED) is 0.770. The maximum atomic E-state index is 12.7. The second-order valence-electron chi connectivity index (χ2n) is 8.90. The standard InChI is InChI=1S/C22H30O4/c1-22(2,3)26-21(25)19-10-6-7-14-13-15(11-12-17(14)19)16-8-4-5-9-18(16)20(23)24/h4-5,8-9,14-15,17,19H,6-7,10-13H2,1-3H3,(H,23,24)/t14?,15?,17?,19-/m1/s1. The highest BCUT2D eigenvalue weighted by Crippen LogP contribution is 2.49. The number of rotatable bonds is 3. The van der Waals surface area contributed by atoms with Gasteiger partial charge in [-0.1, -0.05) is 31.0 Å². The van der Waals surface area contributed by atoms with Crippen LogP contribution in [0.4, 0.5) is 0 Å². The summed E-state index contributed by atoms with van der Waals surface area (Å²) in [5, 5.41) is 9.49. The zero-order chi connectivity index (χ0) is 18.9. The average molecular weight is 358 g/mol. The third kappa shape index (κ3) is 4.11. The van der Waals surface area contributed by atoms with E-state index in [9.17, 15) is 14.7 Å². The lowest BCUT2D eigenvalue weighted by Gasteiger charge is -2.43. The molecule has 0 spiro atoms. The Morgan fingerprint density at radius 1 is 1.08 bits per heavy atom. The molecule has 4 heteroatoms. The predicted molar refractivity (Wildman–Crippen MR) is 100 cm³/mol. The maximum absolute atomic E-state index is 12.7. The van der Waals surface area contributed by atoms with Crippen molar-refractivity contribution in [2.24, 2.45) is 17.8 Å². The Balaban J connectivity index is 1.74. The van der Waals surface area contributed by atoms with E-state index in [4.69, 9.17) is 4.74 Å². The summed E-state index contributed by atoms with van der Waals surface area (Å²) >= 11 is 0. The molecule has 2 aliphatic carbocycles. The molecule has 1 aromatic rings. The van der Waals surface area contributed by atoms with Crippen LogP contribution in [0.15, 0.2) is 24.3 Å². The van der Waals surface area contributed by atoms with Gasteiger partial charge in [-0.15, -0.1) is 0 Å². The zero-order valence-electron chi connectivity index (χ0n) is 16.0. The van der Waals surface area contributed by atoms with Gasteiger partial charge in [0.25, 0.3) is 0 Å². The third-order valence-corrected chi connectivity index (χ3v) is 5.99. The van der Waals surface area contributed by atoms with Crippen molar-refractivity contribution in [3.05, 3.63) is 35.4 Å². The van der Waals surface area contributed by atoms with Crippen LogP contribution in [0.25, 0.3) is 0 Å². The Bertz CT molecular complexity index is 673. The van der Waals surface area contributed by atoms with E-state index < -0.39 is 11.6 Å². The number of esters is 1. The van der Waals surface area contributed by atoms with Gasteiger partial charge in [-0.3, -0.25) is 4.79 Å². The number of benzene rings is 1. The Hall–Kier alpha value is -1.84. The molecule has 2 fully saturated rings. The number of aromatic carboxylic acids is 1. The van der Waals surface area contributed by atoms with Gasteiger partial charge in [0, 0.05) is 0 Å². The van der Waals surface area contributed by atoms with Crippen LogP contribution >= 0.6 is 0 Å². The number of carbonyl (C=O) groups is 2. The van der Waals surface area contributed by atoms with Gasteiger partial charge in [0.2, 0.25) is 0 Å². The molecule has 0 heterocycles. The fraction of sp³-hybridized carbons (Fsp3) is 0.636. The van der Waals surface area contributed by atoms with Crippen LogP contribution in [0, 0.1) is 17.8 Å². The molecule has 142 valence electrons. The van der Waals surface area contributed by atoms with Crippen molar-refractivity contribution >= 4 is 11.9 Å². The first-order valence-corrected chi connectivity index (χ1v) is 9.81. The molecule has 4 nitrogen and oxygen atoms in total. The number of hydrogen-bond acceptors (Lipinski definition) is 3. The van der Waals surface area contributed by atoms with Gasteiger partial charge in [-0.2, -0.15) is 0 Å². The highest BCUT2D eigenvalue weighted by Gasteiger charge is 2.43. The van der Waals surface area contributed by atoms with Gasteiger partial charge in [0.1, 0.15) is 5.60 Å². The fourth-order valence-corrected chi connectivity index (χ4v) is 4.96. The largest absolute Gasteiger partial charge is 0.478 e. The monoisotopic (exact) mass is 358 g/mol. The van der Waals surface area contributed by atoms with Crippen molar-refractivity contribution in [2.45, 2.75) is 70.8 Å². The summed E-state index contributed by atoms with van der Waals surface area (Å²) in [6.45, 7) is 5.76. The molecule has 0 bridgehead atoms. The van der Waals surface area contributed by atoms with Crippen molar-refractivity contribution in [1.82, 2.24) is 0 Å². The van der Waals surface area contributed by atoms with Crippen LogP contribution in [-0.4, -0.2) is 22.6 Å². The van der Waals surface area contributed by atoms with Crippen LogP contribution in [0.1, 0.15) is 81.1 Å². The van der Waals surface area contributed by atoms with Gasteiger partial charge < -0.3 is 9.84 Å². The Morgan fingerprint density at radius 2 is 1.81 bits per heavy atom. The topological polar surface area (TPSA) is 63.6 Å². The van der Waals surface area contributed by atoms with Crippen LogP contribution in [0.5, 0.6) is 0 Å². The molecule has 1 N–H and O–H groups in total. The van der Waals surface area contributed by atoms with Gasteiger partial charge in [0.15, 0.2) is 0 Å². The Kier molecular flexibility index (Phi) is 5.40. The summed E-state index contributed by atoms with van der Waals surface area (Å²) < 4.78 is 5.67. The van der Waals surface area contributed by atoms with Gasteiger partial charge in [-0.25, -0.2) is 4.79 Å². The lowest BCUT2D eigenvalue weighted by atomic mass is 9.62. The summed E-state index contributed by atoms with van der Waals surface area (Å²) in [7, 11) is 0. The van der Waals surface area contributed by atoms with E-state index in [0.717, 1.165) is 44.1 Å². The van der Waals surface area contributed by atoms with Crippen molar-refractivity contribution in [3.8, 4) is 0 Å². The van der Waals surface area contributed by atoms with Crippen LogP contribution in [0.2, 0.25) is 0 Å². The molecule has 0 saturated heterocycles. The van der Waals surface area contributed by atoms with Crippen LogP contribution < -0.4 is 0 Å². The van der Waals surface area contributed by atoms with Crippen LogP contribution in [-0.2, 0) is 9.53 Å². The van der Waals surface area contributed by atoms with E-state index >= 15 is 0 Å². The van der Waals surface area contributed by atoms with E-state index in [1.807, 2.05) is 32.9 Å². The molecule has 0 aromatic heterocycles. The summed E-state index contributed by atoms with van der Waals surface area (Å²) in [5.41, 5.74) is 0.940. The number of hydrogen-bond donors (Lipinski definition) is 1. The minimum Gasteiger partial charge on any atom is -0.478 e. The molecule has 2 aliphatic rings. The number of fused-ring (bicyclic) bond motifs is 1. The van der Waals surface area contributed by atoms with Gasteiger partial charge in [-0.05, 0) is 75.8 Å². The molecule has 1 aromatic carbocycles. The predicted octanol–water partition coefficient (Wildman–Crippen LogP) is 5.03. The van der Waals surface area contributed by atoms with Crippen molar-refractivity contribution in [3.63, 3.8) is 0 Å². The number of carboxylic acids is 1. The molecule has 26 heavy (non-hydrogen) atoms. The van der Waals surface area contributed by atoms with E-state index in [-0.39, 0.29) is 17.8 Å². The summed E-state index contributed by atoms with van der Waals surface area (Å²) in [6.07, 6.45) is 6.02. The van der Waals surface area contributed by atoms with Crippen molar-refractivity contribution in [1.29, 1.82) is 0 Å². The zero-order valence-corrected chi connectivity index (χ0v) is 16.0. The van der Waals surface area contributed by atoms with Gasteiger partial charge >= 0.3 is 11.9 Å². The normalized spacial score (nSPS) is 28.9. The fourth-order valence-electron chi connectivity index (χ4n) is 4.96. The molecule has 3 unspecified atom stereocenters. The van der Waals surface area contributed by atoms with E-state index in [2.05, 4.69) is 0 Å². The first-order chi connectivity index (χ1) is 12.3.